The molecule has 8 nitrogen and oxygen atoms in total. The minimum atomic E-state index is -0.458. The maximum atomic E-state index is 12.1. The van der Waals surface area contributed by atoms with Crippen molar-refractivity contribution < 1.29 is 14.5 Å². The van der Waals surface area contributed by atoms with Gasteiger partial charge in [-0.1, -0.05) is 36.4 Å². The fourth-order valence-corrected chi connectivity index (χ4v) is 3.12. The molecule has 0 spiro atoms. The molecular weight excluding hydrogens is 366 g/mol. The Labute approximate surface area is 158 Å². The molecule has 2 heterocycles. The SMILES string of the molecule is O=C(N=Nc1nc(C2=[N+]([O-])OCN2c2ccccc2)cs1)c1ccccc1. The Bertz CT molecular complexity index is 1020. The highest BCUT2D eigenvalue weighted by atomic mass is 32.1. The summed E-state index contributed by atoms with van der Waals surface area (Å²) in [6.45, 7) is 0.0870. The van der Waals surface area contributed by atoms with Crippen molar-refractivity contribution in [3.8, 4) is 0 Å². The number of para-hydroxylation sites is 1. The summed E-state index contributed by atoms with van der Waals surface area (Å²) in [5, 5.41) is 21.6. The Kier molecular flexibility index (Phi) is 4.58. The molecule has 0 bridgehead atoms. The highest BCUT2D eigenvalue weighted by Gasteiger charge is 2.33. The zero-order valence-electron chi connectivity index (χ0n) is 13.9. The number of carbonyl (C=O) groups is 1. The molecule has 1 aromatic heterocycles. The van der Waals surface area contributed by atoms with Crippen molar-refractivity contribution in [1.82, 2.24) is 4.98 Å². The first kappa shape index (κ1) is 16.9. The smallest absolute Gasteiger partial charge is 0.350 e. The van der Waals surface area contributed by atoms with Gasteiger partial charge in [-0.2, -0.15) is 0 Å². The third-order valence-electron chi connectivity index (χ3n) is 3.77. The molecule has 1 amide bonds. The Hall–Kier alpha value is -3.59. The normalized spacial score (nSPS) is 14.0. The van der Waals surface area contributed by atoms with Gasteiger partial charge in [0.2, 0.25) is 5.13 Å². The Morgan fingerprint density at radius 2 is 1.85 bits per heavy atom. The fourth-order valence-electron chi connectivity index (χ4n) is 2.51. The van der Waals surface area contributed by atoms with Gasteiger partial charge in [0.05, 0.1) is 0 Å². The third-order valence-corrected chi connectivity index (χ3v) is 4.49. The minimum absolute atomic E-state index is 0.0870. The maximum Gasteiger partial charge on any atom is 0.350 e. The lowest BCUT2D eigenvalue weighted by Crippen LogP contribution is -2.29. The number of carbonyl (C=O) groups excluding carboxylic acids is 1. The first-order valence-corrected chi connectivity index (χ1v) is 8.87. The summed E-state index contributed by atoms with van der Waals surface area (Å²) in [5.41, 5.74) is 1.65. The van der Waals surface area contributed by atoms with E-state index < -0.39 is 5.91 Å². The van der Waals surface area contributed by atoms with Crippen LogP contribution in [0.3, 0.4) is 0 Å². The van der Waals surface area contributed by atoms with E-state index in [9.17, 15) is 10.0 Å². The second-order valence-electron chi connectivity index (χ2n) is 5.49. The van der Waals surface area contributed by atoms with Crippen LogP contribution in [-0.4, -0.2) is 28.4 Å². The van der Waals surface area contributed by atoms with Crippen LogP contribution in [0.5, 0.6) is 0 Å². The first-order chi connectivity index (χ1) is 13.2. The molecule has 0 aliphatic carbocycles. The van der Waals surface area contributed by atoms with Crippen molar-refractivity contribution in [3.63, 3.8) is 0 Å². The Morgan fingerprint density at radius 1 is 1.15 bits per heavy atom. The molecule has 134 valence electrons. The fraction of sp³-hybridized carbons (Fsp3) is 0.0556. The molecule has 4 rings (SSSR count). The quantitative estimate of drug-likeness (QED) is 0.509. The second-order valence-corrected chi connectivity index (χ2v) is 6.33. The van der Waals surface area contributed by atoms with Crippen molar-refractivity contribution in [2.45, 2.75) is 0 Å². The lowest BCUT2D eigenvalue weighted by molar-refractivity contribution is -0.730. The largest absolute Gasteiger partial charge is 0.430 e. The van der Waals surface area contributed by atoms with Crippen molar-refractivity contribution in [1.29, 1.82) is 0 Å². The van der Waals surface area contributed by atoms with Crippen LogP contribution in [0.4, 0.5) is 10.8 Å². The molecule has 1 aliphatic heterocycles. The van der Waals surface area contributed by atoms with Gasteiger partial charge in [0.25, 0.3) is 5.91 Å². The Morgan fingerprint density at radius 3 is 2.59 bits per heavy atom. The van der Waals surface area contributed by atoms with Crippen LogP contribution >= 0.6 is 11.3 Å². The van der Waals surface area contributed by atoms with Crippen molar-refractivity contribution in [3.05, 3.63) is 82.5 Å². The van der Waals surface area contributed by atoms with Gasteiger partial charge in [0, 0.05) is 10.9 Å². The van der Waals surface area contributed by atoms with E-state index in [1.165, 1.54) is 11.3 Å². The average Bonchev–Trinajstić information content (AvgIpc) is 3.33. The molecule has 0 radical (unpaired) electrons. The molecule has 0 N–H and O–H groups in total. The molecule has 0 saturated heterocycles. The summed E-state index contributed by atoms with van der Waals surface area (Å²) in [7, 11) is 0. The van der Waals surface area contributed by atoms with E-state index in [1.54, 1.807) is 34.5 Å². The number of hydrogen-bond acceptors (Lipinski definition) is 7. The van der Waals surface area contributed by atoms with Crippen molar-refractivity contribution >= 4 is 33.9 Å². The van der Waals surface area contributed by atoms with Crippen LogP contribution in [0.25, 0.3) is 0 Å². The van der Waals surface area contributed by atoms with Gasteiger partial charge < -0.3 is 10.0 Å². The Balaban J connectivity index is 1.56. The van der Waals surface area contributed by atoms with E-state index >= 15 is 0 Å². The van der Waals surface area contributed by atoms with E-state index in [0.29, 0.717) is 16.2 Å². The average molecular weight is 379 g/mol. The monoisotopic (exact) mass is 379 g/mol. The molecule has 0 unspecified atom stereocenters. The number of azo groups is 1. The van der Waals surface area contributed by atoms with Crippen LogP contribution in [0, 0.1) is 5.21 Å². The molecule has 27 heavy (non-hydrogen) atoms. The number of amides is 1. The summed E-state index contributed by atoms with van der Waals surface area (Å²) in [6, 6.07) is 18.0. The number of rotatable bonds is 4. The predicted molar refractivity (Wildman–Crippen MR) is 100 cm³/mol. The van der Waals surface area contributed by atoms with E-state index in [4.69, 9.17) is 4.84 Å². The topological polar surface area (TPSA) is 93.2 Å². The van der Waals surface area contributed by atoms with Gasteiger partial charge in [0.1, 0.15) is 5.69 Å². The minimum Gasteiger partial charge on any atom is -0.430 e. The van der Waals surface area contributed by atoms with E-state index in [1.807, 2.05) is 36.4 Å². The molecule has 1 aliphatic rings. The molecule has 0 fully saturated rings. The first-order valence-electron chi connectivity index (χ1n) is 7.99. The lowest BCUT2D eigenvalue weighted by Gasteiger charge is -2.09. The zero-order chi connectivity index (χ0) is 18.6. The molecule has 0 saturated carbocycles. The van der Waals surface area contributed by atoms with Crippen molar-refractivity contribution in [2.24, 2.45) is 10.2 Å². The number of anilines is 1. The van der Waals surface area contributed by atoms with Crippen LogP contribution in [0.15, 0.2) is 76.3 Å². The summed E-state index contributed by atoms with van der Waals surface area (Å²) in [5.74, 6) is -0.200. The predicted octanol–water partition coefficient (Wildman–Crippen LogP) is 3.73. The number of hydrogen-bond donors (Lipinski definition) is 0. The summed E-state index contributed by atoms with van der Waals surface area (Å²) >= 11 is 1.18. The number of amidine groups is 1. The highest BCUT2D eigenvalue weighted by molar-refractivity contribution is 7.13. The van der Waals surface area contributed by atoms with Crippen LogP contribution in [-0.2, 0) is 4.84 Å². The maximum absolute atomic E-state index is 12.1. The summed E-state index contributed by atoms with van der Waals surface area (Å²) in [6.07, 6.45) is 0. The van der Waals surface area contributed by atoms with Gasteiger partial charge in [-0.05, 0) is 29.2 Å². The number of thiazole rings is 1. The van der Waals surface area contributed by atoms with E-state index in [0.717, 1.165) is 5.69 Å². The zero-order valence-corrected chi connectivity index (χ0v) is 14.7. The standard InChI is InChI=1S/C18H13N5O3S/c24-16(13-7-3-1-4-8-13)20-21-18-19-15(11-27-18)17-22(12-26-23(17)25)14-9-5-2-6-10-14/h1-11H,12H2. The van der Waals surface area contributed by atoms with E-state index in [2.05, 4.69) is 15.2 Å². The van der Waals surface area contributed by atoms with Crippen LogP contribution < -0.4 is 4.90 Å². The molecule has 9 heteroatoms. The van der Waals surface area contributed by atoms with Crippen LogP contribution in [0.1, 0.15) is 16.1 Å². The molecule has 2 aromatic carbocycles. The lowest BCUT2D eigenvalue weighted by atomic mass is 10.2. The second kappa shape index (κ2) is 7.34. The van der Waals surface area contributed by atoms with Crippen molar-refractivity contribution in [2.75, 3.05) is 11.6 Å². The van der Waals surface area contributed by atoms with Gasteiger partial charge in [-0.3, -0.25) is 4.79 Å². The number of aromatic nitrogens is 1. The number of benzene rings is 2. The van der Waals surface area contributed by atoms with Gasteiger partial charge in [-0.25, -0.2) is 9.88 Å². The van der Waals surface area contributed by atoms with Gasteiger partial charge in [-0.15, -0.1) is 21.6 Å². The number of nitrogens with zero attached hydrogens (tertiary/aromatic N) is 5. The van der Waals surface area contributed by atoms with E-state index in [-0.39, 0.29) is 17.7 Å². The molecule has 0 atom stereocenters. The molecular formula is C18H13N5O3S. The third kappa shape index (κ3) is 3.53. The van der Waals surface area contributed by atoms with Gasteiger partial charge >= 0.3 is 5.84 Å². The molecule has 3 aromatic rings. The highest BCUT2D eigenvalue weighted by Crippen LogP contribution is 2.25. The van der Waals surface area contributed by atoms with Crippen LogP contribution in [0.2, 0.25) is 0 Å². The summed E-state index contributed by atoms with van der Waals surface area (Å²) < 4.78 is 0. The summed E-state index contributed by atoms with van der Waals surface area (Å²) in [4.78, 5) is 23.5. The van der Waals surface area contributed by atoms with Gasteiger partial charge in [0.15, 0.2) is 12.4 Å².